The van der Waals surface area contributed by atoms with Crippen LogP contribution < -0.4 is 5.32 Å². The lowest BCUT2D eigenvalue weighted by molar-refractivity contribution is 1.10. The lowest BCUT2D eigenvalue weighted by Crippen LogP contribution is -1.99. The Kier molecular flexibility index (Phi) is 3.74. The Hall–Kier alpha value is -1.13. The van der Waals surface area contributed by atoms with Crippen molar-refractivity contribution in [2.45, 2.75) is 19.9 Å². The number of thiazole rings is 1. The van der Waals surface area contributed by atoms with Gasteiger partial charge in [-0.15, -0.1) is 11.3 Å². The van der Waals surface area contributed by atoms with Crippen molar-refractivity contribution in [3.05, 3.63) is 40.1 Å². The summed E-state index contributed by atoms with van der Waals surface area (Å²) >= 11 is 7.63. The Morgan fingerprint density at radius 1 is 1.44 bits per heavy atom. The van der Waals surface area contributed by atoms with Crippen LogP contribution in [0.25, 0.3) is 0 Å². The van der Waals surface area contributed by atoms with Gasteiger partial charge in [-0.2, -0.15) is 0 Å². The van der Waals surface area contributed by atoms with E-state index in [9.17, 15) is 0 Å². The lowest BCUT2D eigenvalue weighted by atomic mass is 10.3. The van der Waals surface area contributed by atoms with Crippen LogP contribution in [-0.2, 0) is 13.0 Å². The van der Waals surface area contributed by atoms with Crippen molar-refractivity contribution in [3.8, 4) is 0 Å². The van der Waals surface area contributed by atoms with Crippen LogP contribution in [0.3, 0.4) is 0 Å². The summed E-state index contributed by atoms with van der Waals surface area (Å²) < 4.78 is 0. The number of anilines is 1. The summed E-state index contributed by atoms with van der Waals surface area (Å²) in [5.74, 6) is 0. The highest BCUT2D eigenvalue weighted by Gasteiger charge is 2.02. The van der Waals surface area contributed by atoms with Crippen molar-refractivity contribution in [2.75, 3.05) is 5.32 Å². The average molecular weight is 254 g/mol. The molecule has 5 heteroatoms. The van der Waals surface area contributed by atoms with Gasteiger partial charge in [0.05, 0.1) is 0 Å². The van der Waals surface area contributed by atoms with E-state index < -0.39 is 0 Å². The van der Waals surface area contributed by atoms with E-state index in [-0.39, 0.29) is 0 Å². The first-order valence-corrected chi connectivity index (χ1v) is 6.27. The molecule has 0 aliphatic carbocycles. The van der Waals surface area contributed by atoms with E-state index in [0.717, 1.165) is 17.1 Å². The number of nitrogens with zero attached hydrogens (tertiary/aromatic N) is 2. The monoisotopic (exact) mass is 253 g/mol. The number of aryl methyl sites for hydroxylation is 1. The van der Waals surface area contributed by atoms with Crippen molar-refractivity contribution < 1.29 is 0 Å². The third-order valence-corrected chi connectivity index (χ3v) is 3.61. The molecule has 0 amide bonds. The Labute approximate surface area is 104 Å². The van der Waals surface area contributed by atoms with Gasteiger partial charge in [-0.1, -0.05) is 24.6 Å². The van der Waals surface area contributed by atoms with E-state index in [1.54, 1.807) is 17.5 Å². The first-order valence-electron chi connectivity index (χ1n) is 5.07. The van der Waals surface area contributed by atoms with Crippen molar-refractivity contribution in [3.63, 3.8) is 0 Å². The van der Waals surface area contributed by atoms with Gasteiger partial charge < -0.3 is 5.32 Å². The van der Waals surface area contributed by atoms with Crippen molar-refractivity contribution >= 4 is 28.1 Å². The molecule has 0 bridgehead atoms. The smallest absolute Gasteiger partial charge is 0.183 e. The summed E-state index contributed by atoms with van der Waals surface area (Å²) in [5.41, 5.74) is 0.984. The van der Waals surface area contributed by atoms with Gasteiger partial charge in [0.2, 0.25) is 0 Å². The number of hydrogen-bond donors (Lipinski definition) is 1. The van der Waals surface area contributed by atoms with Gasteiger partial charge >= 0.3 is 0 Å². The van der Waals surface area contributed by atoms with Crippen LogP contribution in [0.5, 0.6) is 0 Å². The highest BCUT2D eigenvalue weighted by atomic mass is 35.5. The van der Waals surface area contributed by atoms with Gasteiger partial charge in [0.15, 0.2) is 5.13 Å². The van der Waals surface area contributed by atoms with Gasteiger partial charge in [0.1, 0.15) is 5.15 Å². The topological polar surface area (TPSA) is 37.8 Å². The number of pyridine rings is 1. The maximum atomic E-state index is 5.95. The minimum absolute atomic E-state index is 0.544. The number of halogens is 1. The number of rotatable bonds is 4. The summed E-state index contributed by atoms with van der Waals surface area (Å²) in [7, 11) is 0. The Morgan fingerprint density at radius 3 is 3.00 bits per heavy atom. The largest absolute Gasteiger partial charge is 0.357 e. The standard InChI is InChI=1S/C11H12ClN3S/c1-2-9-7-15-11(16-9)14-6-8-4-3-5-13-10(8)12/h3-5,7H,2,6H2,1H3,(H,14,15). The molecule has 0 fully saturated rings. The van der Waals surface area contributed by atoms with Crippen molar-refractivity contribution in [1.29, 1.82) is 0 Å². The molecule has 0 saturated heterocycles. The predicted octanol–water partition coefficient (Wildman–Crippen LogP) is 3.37. The molecule has 0 aliphatic rings. The van der Waals surface area contributed by atoms with E-state index in [0.29, 0.717) is 11.7 Å². The molecule has 0 atom stereocenters. The molecule has 0 saturated carbocycles. The fourth-order valence-electron chi connectivity index (χ4n) is 1.27. The molecule has 0 aliphatic heterocycles. The molecule has 84 valence electrons. The van der Waals surface area contributed by atoms with Crippen LogP contribution in [0.15, 0.2) is 24.5 Å². The molecule has 2 aromatic heterocycles. The lowest BCUT2D eigenvalue weighted by Gasteiger charge is -2.03. The van der Waals surface area contributed by atoms with Crippen LogP contribution in [0.2, 0.25) is 5.15 Å². The molecule has 2 aromatic rings. The first kappa shape index (κ1) is 11.4. The zero-order valence-electron chi connectivity index (χ0n) is 8.90. The second kappa shape index (κ2) is 5.27. The summed E-state index contributed by atoms with van der Waals surface area (Å²) in [4.78, 5) is 9.57. The molecule has 16 heavy (non-hydrogen) atoms. The summed E-state index contributed by atoms with van der Waals surface area (Å²) in [5, 5.41) is 4.71. The fourth-order valence-corrected chi connectivity index (χ4v) is 2.21. The number of aromatic nitrogens is 2. The Morgan fingerprint density at radius 2 is 2.31 bits per heavy atom. The second-order valence-corrected chi connectivity index (χ2v) is 4.77. The van der Waals surface area contributed by atoms with Crippen molar-refractivity contribution in [2.24, 2.45) is 0 Å². The second-order valence-electron chi connectivity index (χ2n) is 3.29. The molecule has 0 unspecified atom stereocenters. The zero-order valence-corrected chi connectivity index (χ0v) is 10.5. The Bertz CT molecular complexity index is 470. The minimum atomic E-state index is 0.544. The average Bonchev–Trinajstić information content (AvgIpc) is 2.76. The maximum Gasteiger partial charge on any atom is 0.183 e. The summed E-state index contributed by atoms with van der Waals surface area (Å²) in [6, 6.07) is 3.83. The fraction of sp³-hybridized carbons (Fsp3) is 0.273. The van der Waals surface area contributed by atoms with Crippen LogP contribution >= 0.6 is 22.9 Å². The molecule has 0 spiro atoms. The Balaban J connectivity index is 1.99. The van der Waals surface area contributed by atoms with E-state index in [2.05, 4.69) is 22.2 Å². The minimum Gasteiger partial charge on any atom is -0.357 e. The van der Waals surface area contributed by atoms with Gasteiger partial charge in [-0.05, 0) is 12.5 Å². The van der Waals surface area contributed by atoms with E-state index in [1.165, 1.54) is 4.88 Å². The molecule has 0 radical (unpaired) electrons. The molecule has 3 nitrogen and oxygen atoms in total. The molecular formula is C11H12ClN3S. The van der Waals surface area contributed by atoms with Gasteiger partial charge in [0.25, 0.3) is 0 Å². The normalized spacial score (nSPS) is 10.4. The van der Waals surface area contributed by atoms with Gasteiger partial charge in [-0.3, -0.25) is 0 Å². The third-order valence-electron chi connectivity index (χ3n) is 2.17. The molecular weight excluding hydrogens is 242 g/mol. The predicted molar refractivity (Wildman–Crippen MR) is 68.1 cm³/mol. The molecule has 0 aromatic carbocycles. The molecule has 2 rings (SSSR count). The van der Waals surface area contributed by atoms with E-state index in [1.807, 2.05) is 18.3 Å². The van der Waals surface area contributed by atoms with Crippen molar-refractivity contribution in [1.82, 2.24) is 9.97 Å². The van der Waals surface area contributed by atoms with Crippen LogP contribution in [-0.4, -0.2) is 9.97 Å². The van der Waals surface area contributed by atoms with Crippen LogP contribution in [0.1, 0.15) is 17.4 Å². The summed E-state index contributed by atoms with van der Waals surface area (Å²) in [6.45, 7) is 2.78. The first-order chi connectivity index (χ1) is 7.79. The van der Waals surface area contributed by atoms with Crippen LogP contribution in [0.4, 0.5) is 5.13 Å². The molecule has 1 N–H and O–H groups in total. The van der Waals surface area contributed by atoms with Crippen LogP contribution in [0, 0.1) is 0 Å². The SMILES string of the molecule is CCc1cnc(NCc2cccnc2Cl)s1. The quantitative estimate of drug-likeness (QED) is 0.849. The highest BCUT2D eigenvalue weighted by molar-refractivity contribution is 7.15. The number of hydrogen-bond acceptors (Lipinski definition) is 4. The van der Waals surface area contributed by atoms with E-state index >= 15 is 0 Å². The number of nitrogens with one attached hydrogen (secondary N) is 1. The van der Waals surface area contributed by atoms with Gasteiger partial charge in [0, 0.05) is 29.4 Å². The zero-order chi connectivity index (χ0) is 11.4. The highest BCUT2D eigenvalue weighted by Crippen LogP contribution is 2.20. The maximum absolute atomic E-state index is 5.95. The summed E-state index contributed by atoms with van der Waals surface area (Å²) in [6.07, 6.45) is 4.61. The van der Waals surface area contributed by atoms with E-state index in [4.69, 9.17) is 11.6 Å². The molecule has 2 heterocycles. The van der Waals surface area contributed by atoms with Gasteiger partial charge in [-0.25, -0.2) is 9.97 Å². The third kappa shape index (κ3) is 2.71.